The summed E-state index contributed by atoms with van der Waals surface area (Å²) in [7, 11) is 0. The van der Waals surface area contributed by atoms with Crippen LogP contribution in [0.25, 0.3) is 11.3 Å². The molecule has 0 heterocycles. The zero-order valence-corrected chi connectivity index (χ0v) is 14.3. The highest BCUT2D eigenvalue weighted by molar-refractivity contribution is 6.18. The first-order valence-electron chi connectivity index (χ1n) is 7.75. The number of non-ortho nitro benzene ring substituents is 1. The standard InChI is InChI=1S/C19H20FN3O2/c1-19(2,3)22-18(14-4-8-15(20)9-5-14)17(12-21)13-6-10-16(11-7-13)23(24)25/h4-12,21-22H,1-3H3/b18-17+,21-12?. The maximum absolute atomic E-state index is 13.3. The second-order valence-corrected chi connectivity index (χ2v) is 6.62. The fourth-order valence-corrected chi connectivity index (χ4v) is 2.35. The smallest absolute Gasteiger partial charge is 0.269 e. The van der Waals surface area contributed by atoms with Gasteiger partial charge in [-0.25, -0.2) is 4.39 Å². The number of hydrogen-bond acceptors (Lipinski definition) is 4. The average molecular weight is 341 g/mol. The maximum atomic E-state index is 13.3. The molecule has 0 saturated heterocycles. The van der Waals surface area contributed by atoms with Gasteiger partial charge in [-0.3, -0.25) is 10.1 Å². The van der Waals surface area contributed by atoms with E-state index >= 15 is 0 Å². The van der Waals surface area contributed by atoms with Crippen LogP contribution in [0.2, 0.25) is 0 Å². The summed E-state index contributed by atoms with van der Waals surface area (Å²) < 4.78 is 13.3. The van der Waals surface area contributed by atoms with Crippen LogP contribution in [0.3, 0.4) is 0 Å². The molecule has 6 heteroatoms. The van der Waals surface area contributed by atoms with Gasteiger partial charge < -0.3 is 10.7 Å². The van der Waals surface area contributed by atoms with E-state index in [0.717, 1.165) is 5.56 Å². The number of benzene rings is 2. The number of rotatable bonds is 5. The Hall–Kier alpha value is -3.02. The summed E-state index contributed by atoms with van der Waals surface area (Å²) in [4.78, 5) is 10.4. The highest BCUT2D eigenvalue weighted by Gasteiger charge is 2.17. The van der Waals surface area contributed by atoms with Crippen LogP contribution in [0, 0.1) is 21.3 Å². The normalized spacial score (nSPS) is 12.3. The fraction of sp³-hybridized carbons (Fsp3) is 0.211. The fourth-order valence-electron chi connectivity index (χ4n) is 2.35. The zero-order valence-electron chi connectivity index (χ0n) is 14.3. The number of hydrogen-bond donors (Lipinski definition) is 2. The lowest BCUT2D eigenvalue weighted by atomic mass is 9.97. The first-order valence-corrected chi connectivity index (χ1v) is 7.75. The van der Waals surface area contributed by atoms with Gasteiger partial charge in [0.15, 0.2) is 0 Å². The number of nitrogens with zero attached hydrogens (tertiary/aromatic N) is 1. The van der Waals surface area contributed by atoms with Crippen molar-refractivity contribution in [3.05, 3.63) is 75.6 Å². The van der Waals surface area contributed by atoms with Gasteiger partial charge in [0.05, 0.1) is 10.6 Å². The molecule has 0 unspecified atom stereocenters. The third kappa shape index (κ3) is 4.73. The minimum Gasteiger partial charge on any atom is -0.379 e. The molecule has 0 aliphatic carbocycles. The summed E-state index contributed by atoms with van der Waals surface area (Å²) in [6.45, 7) is 5.94. The number of nitro groups is 1. The van der Waals surface area contributed by atoms with Gasteiger partial charge in [0.1, 0.15) is 5.82 Å². The molecule has 2 N–H and O–H groups in total. The lowest BCUT2D eigenvalue weighted by molar-refractivity contribution is -0.384. The van der Waals surface area contributed by atoms with E-state index in [9.17, 15) is 14.5 Å². The van der Waals surface area contributed by atoms with Crippen LogP contribution in [0.1, 0.15) is 31.9 Å². The molecule has 0 atom stereocenters. The van der Waals surface area contributed by atoms with E-state index in [4.69, 9.17) is 5.41 Å². The van der Waals surface area contributed by atoms with Crippen molar-refractivity contribution in [2.45, 2.75) is 26.3 Å². The molecule has 0 saturated carbocycles. The molecule has 2 rings (SSSR count). The SMILES string of the molecule is CC(C)(C)N/C(=C(\C=N)c1ccc([N+](=O)[O-])cc1)c1ccc(F)cc1. The molecule has 5 nitrogen and oxygen atoms in total. The van der Waals surface area contributed by atoms with Crippen molar-refractivity contribution in [2.75, 3.05) is 0 Å². The second-order valence-electron chi connectivity index (χ2n) is 6.62. The van der Waals surface area contributed by atoms with E-state index in [2.05, 4.69) is 5.32 Å². The van der Waals surface area contributed by atoms with Gasteiger partial charge in [-0.1, -0.05) is 0 Å². The Morgan fingerprint density at radius 3 is 2.04 bits per heavy atom. The molecular weight excluding hydrogens is 321 g/mol. The lowest BCUT2D eigenvalue weighted by Gasteiger charge is -2.26. The highest BCUT2D eigenvalue weighted by Crippen LogP contribution is 2.27. The van der Waals surface area contributed by atoms with Crippen molar-refractivity contribution in [1.82, 2.24) is 5.32 Å². The second kappa shape index (κ2) is 7.25. The van der Waals surface area contributed by atoms with Crippen LogP contribution < -0.4 is 5.32 Å². The van der Waals surface area contributed by atoms with Crippen molar-refractivity contribution in [1.29, 1.82) is 5.41 Å². The van der Waals surface area contributed by atoms with Crippen LogP contribution in [0.4, 0.5) is 10.1 Å². The van der Waals surface area contributed by atoms with E-state index < -0.39 is 4.92 Å². The summed E-state index contributed by atoms with van der Waals surface area (Å²) in [6.07, 6.45) is 1.19. The van der Waals surface area contributed by atoms with Crippen LogP contribution in [0.15, 0.2) is 48.5 Å². The molecular formula is C19H20FN3O2. The van der Waals surface area contributed by atoms with Crippen LogP contribution >= 0.6 is 0 Å². The van der Waals surface area contributed by atoms with E-state index in [-0.39, 0.29) is 17.0 Å². The highest BCUT2D eigenvalue weighted by atomic mass is 19.1. The number of nitro benzene ring substituents is 1. The van der Waals surface area contributed by atoms with Gasteiger partial charge in [-0.2, -0.15) is 0 Å². The maximum Gasteiger partial charge on any atom is 0.269 e. The summed E-state index contributed by atoms with van der Waals surface area (Å²) in [6, 6.07) is 12.0. The molecule has 2 aromatic rings. The molecule has 25 heavy (non-hydrogen) atoms. The van der Waals surface area contributed by atoms with Crippen LogP contribution in [0.5, 0.6) is 0 Å². The summed E-state index contributed by atoms with van der Waals surface area (Å²) in [5.41, 5.74) is 2.32. The largest absolute Gasteiger partial charge is 0.379 e. The first-order chi connectivity index (χ1) is 11.7. The number of halogens is 1. The monoisotopic (exact) mass is 341 g/mol. The van der Waals surface area contributed by atoms with E-state index in [0.29, 0.717) is 16.8 Å². The Bertz CT molecular complexity index is 804. The molecule has 0 radical (unpaired) electrons. The van der Waals surface area contributed by atoms with Gasteiger partial charge in [0.2, 0.25) is 0 Å². The Morgan fingerprint density at radius 2 is 1.60 bits per heavy atom. The van der Waals surface area contributed by atoms with Crippen molar-refractivity contribution in [3.63, 3.8) is 0 Å². The predicted octanol–water partition coefficient (Wildman–Crippen LogP) is 4.64. The van der Waals surface area contributed by atoms with Gasteiger partial charge >= 0.3 is 0 Å². The summed E-state index contributed by atoms with van der Waals surface area (Å²) in [5, 5.41) is 22.0. The molecule has 0 aliphatic rings. The van der Waals surface area contributed by atoms with Gasteiger partial charge in [0, 0.05) is 29.5 Å². The number of allylic oxidation sites excluding steroid dienone is 1. The van der Waals surface area contributed by atoms with E-state index in [1.165, 1.54) is 30.5 Å². The van der Waals surface area contributed by atoms with Crippen molar-refractivity contribution >= 4 is 23.2 Å². The van der Waals surface area contributed by atoms with E-state index in [1.54, 1.807) is 24.3 Å². The molecule has 0 fully saturated rings. The Labute approximate surface area is 145 Å². The van der Waals surface area contributed by atoms with Gasteiger partial charge in [-0.15, -0.1) is 0 Å². The summed E-state index contributed by atoms with van der Waals surface area (Å²) >= 11 is 0. The molecule has 130 valence electrons. The minimum atomic E-state index is -0.466. The molecule has 0 spiro atoms. The van der Waals surface area contributed by atoms with E-state index in [1.807, 2.05) is 20.8 Å². The predicted molar refractivity (Wildman–Crippen MR) is 98.0 cm³/mol. The number of nitrogens with one attached hydrogen (secondary N) is 2. The topological polar surface area (TPSA) is 79.0 Å². The quantitative estimate of drug-likeness (QED) is 0.360. The van der Waals surface area contributed by atoms with Crippen molar-refractivity contribution < 1.29 is 9.31 Å². The Morgan fingerprint density at radius 1 is 1.08 bits per heavy atom. The van der Waals surface area contributed by atoms with Crippen LogP contribution in [-0.2, 0) is 0 Å². The van der Waals surface area contributed by atoms with Crippen molar-refractivity contribution in [3.8, 4) is 0 Å². The summed E-state index contributed by atoms with van der Waals surface area (Å²) in [5.74, 6) is -0.342. The van der Waals surface area contributed by atoms with Crippen molar-refractivity contribution in [2.24, 2.45) is 0 Å². The lowest BCUT2D eigenvalue weighted by Crippen LogP contribution is -2.35. The van der Waals surface area contributed by atoms with Gasteiger partial charge in [0.25, 0.3) is 5.69 Å². The molecule has 0 aliphatic heterocycles. The molecule has 0 aromatic heterocycles. The van der Waals surface area contributed by atoms with Crippen LogP contribution in [-0.4, -0.2) is 16.7 Å². The zero-order chi connectivity index (χ0) is 18.6. The first kappa shape index (κ1) is 18.3. The third-order valence-electron chi connectivity index (χ3n) is 3.44. The van der Waals surface area contributed by atoms with Gasteiger partial charge in [-0.05, 0) is 68.3 Å². The Kier molecular flexibility index (Phi) is 5.32. The molecule has 0 amide bonds. The third-order valence-corrected chi connectivity index (χ3v) is 3.44. The minimum absolute atomic E-state index is 0.0137. The average Bonchev–Trinajstić information content (AvgIpc) is 2.55. The Balaban J connectivity index is 2.61. The molecule has 2 aromatic carbocycles. The molecule has 0 bridgehead atoms.